The maximum Gasteiger partial charge on any atom is 0.140 e. The second-order valence-corrected chi connectivity index (χ2v) is 6.75. The summed E-state index contributed by atoms with van der Waals surface area (Å²) in [5.74, 6) is 1.50. The lowest BCUT2D eigenvalue weighted by Gasteiger charge is -2.08. The van der Waals surface area contributed by atoms with Crippen LogP contribution in [0.1, 0.15) is 45.5 Å². The molecule has 2 aromatic rings. The highest BCUT2D eigenvalue weighted by Gasteiger charge is 2.29. The number of nitriles is 1. The lowest BCUT2D eigenvalue weighted by Crippen LogP contribution is -1.97. The van der Waals surface area contributed by atoms with Gasteiger partial charge >= 0.3 is 0 Å². The lowest BCUT2D eigenvalue weighted by atomic mass is 10.1. The Balaban J connectivity index is 1.74. The van der Waals surface area contributed by atoms with Crippen molar-refractivity contribution in [2.24, 2.45) is 0 Å². The standard InChI is InChI=1S/C17H18N2OS/c1-11-3-4-12(2)14(9-11)20-10-16-19-17(13-5-6-13)15(21-16)7-8-18/h3-4,9,13H,5-7,10H2,1-2H3. The summed E-state index contributed by atoms with van der Waals surface area (Å²) in [5, 5.41) is 9.90. The van der Waals surface area contributed by atoms with Crippen LogP contribution in [0.2, 0.25) is 0 Å². The minimum atomic E-state index is 0.465. The van der Waals surface area contributed by atoms with Gasteiger partial charge in [0.1, 0.15) is 17.4 Å². The zero-order chi connectivity index (χ0) is 14.8. The van der Waals surface area contributed by atoms with Gasteiger partial charge in [-0.3, -0.25) is 0 Å². The molecule has 21 heavy (non-hydrogen) atoms. The van der Waals surface area contributed by atoms with E-state index >= 15 is 0 Å². The number of hydrogen-bond donors (Lipinski definition) is 0. The maximum atomic E-state index is 8.93. The Bertz CT molecular complexity index is 695. The normalized spacial score (nSPS) is 14.0. The first-order chi connectivity index (χ1) is 10.2. The number of hydrogen-bond acceptors (Lipinski definition) is 4. The average Bonchev–Trinajstić information content (AvgIpc) is 3.23. The minimum absolute atomic E-state index is 0.465. The van der Waals surface area contributed by atoms with Crippen molar-refractivity contribution in [3.05, 3.63) is 44.9 Å². The van der Waals surface area contributed by atoms with Crippen LogP contribution in [0.3, 0.4) is 0 Å². The highest BCUT2D eigenvalue weighted by molar-refractivity contribution is 7.11. The fraction of sp³-hybridized carbons (Fsp3) is 0.412. The molecule has 0 saturated heterocycles. The molecule has 1 fully saturated rings. The van der Waals surface area contributed by atoms with Crippen LogP contribution in [0, 0.1) is 25.2 Å². The van der Waals surface area contributed by atoms with Crippen LogP contribution >= 0.6 is 11.3 Å². The topological polar surface area (TPSA) is 45.9 Å². The van der Waals surface area contributed by atoms with E-state index in [4.69, 9.17) is 15.0 Å². The minimum Gasteiger partial charge on any atom is -0.486 e. The molecule has 0 atom stereocenters. The van der Waals surface area contributed by atoms with Crippen LogP contribution in [0.15, 0.2) is 18.2 Å². The molecule has 0 N–H and O–H groups in total. The van der Waals surface area contributed by atoms with Gasteiger partial charge in [0.2, 0.25) is 0 Å². The summed E-state index contributed by atoms with van der Waals surface area (Å²) >= 11 is 1.62. The molecule has 1 aromatic heterocycles. The largest absolute Gasteiger partial charge is 0.486 e. The smallest absolute Gasteiger partial charge is 0.140 e. The number of benzene rings is 1. The third-order valence-corrected chi connectivity index (χ3v) is 4.71. The SMILES string of the molecule is Cc1ccc(C)c(OCc2nc(C3CC3)c(CC#N)s2)c1. The number of aryl methyl sites for hydroxylation is 2. The molecule has 1 aliphatic carbocycles. The summed E-state index contributed by atoms with van der Waals surface area (Å²) in [5.41, 5.74) is 3.47. The molecule has 3 rings (SSSR count). The van der Waals surface area contributed by atoms with Crippen LogP contribution in [0.4, 0.5) is 0 Å². The zero-order valence-corrected chi connectivity index (χ0v) is 13.2. The lowest BCUT2D eigenvalue weighted by molar-refractivity contribution is 0.303. The van der Waals surface area contributed by atoms with Gasteiger partial charge in [0.25, 0.3) is 0 Å². The maximum absolute atomic E-state index is 8.93. The Morgan fingerprint density at radius 3 is 2.90 bits per heavy atom. The first-order valence-electron chi connectivity index (χ1n) is 7.23. The van der Waals surface area contributed by atoms with Crippen LogP contribution in [0.25, 0.3) is 0 Å². The summed E-state index contributed by atoms with van der Waals surface area (Å²) in [4.78, 5) is 5.82. The summed E-state index contributed by atoms with van der Waals surface area (Å²) in [6, 6.07) is 8.45. The van der Waals surface area contributed by atoms with Crippen molar-refractivity contribution in [3.63, 3.8) is 0 Å². The van der Waals surface area contributed by atoms with Gasteiger partial charge in [-0.25, -0.2) is 4.98 Å². The molecule has 0 aliphatic heterocycles. The highest BCUT2D eigenvalue weighted by Crippen LogP contribution is 2.42. The molecule has 0 unspecified atom stereocenters. The van der Waals surface area contributed by atoms with E-state index in [0.29, 0.717) is 18.9 Å². The molecular formula is C17H18N2OS. The van der Waals surface area contributed by atoms with E-state index in [-0.39, 0.29) is 0 Å². The number of rotatable bonds is 5. The Labute approximate surface area is 129 Å². The summed E-state index contributed by atoms with van der Waals surface area (Å²) in [7, 11) is 0. The van der Waals surface area contributed by atoms with Crippen LogP contribution in [0.5, 0.6) is 5.75 Å². The van der Waals surface area contributed by atoms with Crippen molar-refractivity contribution in [2.45, 2.75) is 45.6 Å². The Hall–Kier alpha value is -1.86. The van der Waals surface area contributed by atoms with E-state index < -0.39 is 0 Å². The molecule has 0 spiro atoms. The van der Waals surface area contributed by atoms with E-state index in [1.807, 2.05) is 6.92 Å². The Kier molecular flexibility index (Phi) is 3.94. The molecule has 4 heteroatoms. The molecule has 108 valence electrons. The highest BCUT2D eigenvalue weighted by atomic mass is 32.1. The average molecular weight is 298 g/mol. The van der Waals surface area contributed by atoms with Crippen molar-refractivity contribution in [1.82, 2.24) is 4.98 Å². The van der Waals surface area contributed by atoms with Gasteiger partial charge in [-0.2, -0.15) is 5.26 Å². The van der Waals surface area contributed by atoms with E-state index in [0.717, 1.165) is 26.9 Å². The number of aromatic nitrogens is 1. The Morgan fingerprint density at radius 1 is 1.38 bits per heavy atom. The summed E-state index contributed by atoms with van der Waals surface area (Å²) in [6.07, 6.45) is 2.88. The van der Waals surface area contributed by atoms with Crippen molar-refractivity contribution in [3.8, 4) is 11.8 Å². The summed E-state index contributed by atoms with van der Waals surface area (Å²) in [6.45, 7) is 4.60. The first-order valence-corrected chi connectivity index (χ1v) is 8.04. The number of ether oxygens (including phenoxy) is 1. The van der Waals surface area contributed by atoms with E-state index in [9.17, 15) is 0 Å². The molecule has 1 aliphatic rings. The fourth-order valence-corrected chi connectivity index (χ4v) is 3.35. The number of nitrogens with zero attached hydrogens (tertiary/aromatic N) is 2. The monoisotopic (exact) mass is 298 g/mol. The van der Waals surface area contributed by atoms with Crippen molar-refractivity contribution in [2.75, 3.05) is 0 Å². The van der Waals surface area contributed by atoms with Crippen LogP contribution in [-0.4, -0.2) is 4.98 Å². The van der Waals surface area contributed by atoms with Gasteiger partial charge in [0, 0.05) is 10.8 Å². The quantitative estimate of drug-likeness (QED) is 0.827. The Morgan fingerprint density at radius 2 is 2.19 bits per heavy atom. The predicted molar refractivity (Wildman–Crippen MR) is 83.7 cm³/mol. The first kappa shape index (κ1) is 14.1. The fourth-order valence-electron chi connectivity index (χ4n) is 2.35. The molecule has 0 bridgehead atoms. The molecule has 1 aromatic carbocycles. The third-order valence-electron chi connectivity index (χ3n) is 3.67. The van der Waals surface area contributed by atoms with Gasteiger partial charge < -0.3 is 4.74 Å². The number of thiazole rings is 1. The van der Waals surface area contributed by atoms with E-state index in [1.54, 1.807) is 11.3 Å². The van der Waals surface area contributed by atoms with Crippen molar-refractivity contribution in [1.29, 1.82) is 5.26 Å². The van der Waals surface area contributed by atoms with Crippen molar-refractivity contribution >= 4 is 11.3 Å². The van der Waals surface area contributed by atoms with Crippen molar-refractivity contribution < 1.29 is 4.74 Å². The molecule has 1 heterocycles. The van der Waals surface area contributed by atoms with Gasteiger partial charge in [0.05, 0.1) is 18.2 Å². The van der Waals surface area contributed by atoms with Gasteiger partial charge in [-0.1, -0.05) is 12.1 Å². The second-order valence-electron chi connectivity index (χ2n) is 5.58. The van der Waals surface area contributed by atoms with Gasteiger partial charge in [-0.05, 0) is 43.9 Å². The second kappa shape index (κ2) is 5.87. The molecule has 0 radical (unpaired) electrons. The molecule has 3 nitrogen and oxygen atoms in total. The van der Waals surface area contributed by atoms with E-state index in [1.165, 1.54) is 18.4 Å². The van der Waals surface area contributed by atoms with Gasteiger partial charge in [0.15, 0.2) is 0 Å². The molecule has 1 saturated carbocycles. The van der Waals surface area contributed by atoms with E-state index in [2.05, 4.69) is 31.2 Å². The molecule has 0 amide bonds. The van der Waals surface area contributed by atoms with Crippen LogP contribution < -0.4 is 4.74 Å². The summed E-state index contributed by atoms with van der Waals surface area (Å²) < 4.78 is 5.92. The van der Waals surface area contributed by atoms with Crippen LogP contribution in [-0.2, 0) is 13.0 Å². The zero-order valence-electron chi connectivity index (χ0n) is 12.3. The third kappa shape index (κ3) is 3.25. The van der Waals surface area contributed by atoms with Gasteiger partial charge in [-0.15, -0.1) is 11.3 Å². The molecular weight excluding hydrogens is 280 g/mol. The predicted octanol–water partition coefficient (Wildman–Crippen LogP) is 4.28.